The Balaban J connectivity index is 1.23. The van der Waals surface area contributed by atoms with Crippen LogP contribution in [0.25, 0.3) is 74.4 Å². The zero-order valence-corrected chi connectivity index (χ0v) is 25.0. The Morgan fingerprint density at radius 1 is 0.422 bits per heavy atom. The van der Waals surface area contributed by atoms with Gasteiger partial charge in [-0.1, -0.05) is 91.0 Å². The molecule has 0 amide bonds. The number of thiophene rings is 1. The molecule has 0 bridgehead atoms. The summed E-state index contributed by atoms with van der Waals surface area (Å²) >= 11 is 1.86. The number of anilines is 3. The highest BCUT2D eigenvalue weighted by Gasteiger charge is 2.19. The highest BCUT2D eigenvalue weighted by molar-refractivity contribution is 7.26. The topological polar surface area (TPSA) is 16.4 Å². The number of para-hydroxylation sites is 2. The van der Waals surface area contributed by atoms with Gasteiger partial charge in [0.2, 0.25) is 0 Å². The fourth-order valence-corrected chi connectivity index (χ4v) is 8.35. The molecule has 0 saturated carbocycles. The van der Waals surface area contributed by atoms with Crippen LogP contribution in [-0.4, -0.2) is 0 Å². The van der Waals surface area contributed by atoms with Gasteiger partial charge >= 0.3 is 0 Å². The lowest BCUT2D eigenvalue weighted by molar-refractivity contribution is 0.672. The largest absolute Gasteiger partial charge is 0.455 e. The van der Waals surface area contributed by atoms with Gasteiger partial charge in [0, 0.05) is 47.7 Å². The molecule has 10 aromatic rings. The lowest BCUT2D eigenvalue weighted by Gasteiger charge is -2.27. The summed E-state index contributed by atoms with van der Waals surface area (Å²) < 4.78 is 9.03. The summed E-state index contributed by atoms with van der Waals surface area (Å²) in [5.41, 5.74) is 5.34. The van der Waals surface area contributed by atoms with E-state index < -0.39 is 0 Å². The van der Waals surface area contributed by atoms with E-state index in [2.05, 4.69) is 150 Å². The van der Waals surface area contributed by atoms with Crippen LogP contribution in [0.15, 0.2) is 156 Å². The van der Waals surface area contributed by atoms with Gasteiger partial charge in [-0.05, 0) is 87.6 Å². The third-order valence-electron chi connectivity index (χ3n) is 9.21. The van der Waals surface area contributed by atoms with Crippen molar-refractivity contribution >= 4 is 103 Å². The van der Waals surface area contributed by atoms with Gasteiger partial charge in [-0.2, -0.15) is 0 Å². The van der Waals surface area contributed by atoms with E-state index in [9.17, 15) is 0 Å². The molecule has 2 aromatic heterocycles. The molecule has 0 atom stereocenters. The van der Waals surface area contributed by atoms with Gasteiger partial charge in [0.15, 0.2) is 0 Å². The van der Waals surface area contributed by atoms with Crippen molar-refractivity contribution in [2.24, 2.45) is 0 Å². The van der Waals surface area contributed by atoms with Gasteiger partial charge in [0.05, 0.1) is 5.69 Å². The Hall–Kier alpha value is -5.64. The fourth-order valence-electron chi connectivity index (χ4n) is 7.23. The second-order valence-corrected chi connectivity index (χ2v) is 12.8. The van der Waals surface area contributed by atoms with Crippen LogP contribution in [0, 0.1) is 0 Å². The van der Waals surface area contributed by atoms with Crippen molar-refractivity contribution in [3.05, 3.63) is 152 Å². The van der Waals surface area contributed by atoms with Gasteiger partial charge in [-0.15, -0.1) is 11.3 Å². The number of rotatable bonds is 3. The van der Waals surface area contributed by atoms with E-state index in [1.165, 1.54) is 52.8 Å². The molecular formula is C42H25NOS. The molecule has 8 aromatic carbocycles. The number of benzene rings is 8. The Labute approximate surface area is 263 Å². The van der Waals surface area contributed by atoms with E-state index >= 15 is 0 Å². The van der Waals surface area contributed by atoms with Crippen molar-refractivity contribution < 1.29 is 4.42 Å². The summed E-state index contributed by atoms with van der Waals surface area (Å²) in [6, 6.07) is 54.8. The van der Waals surface area contributed by atoms with E-state index in [1.807, 2.05) is 17.4 Å². The number of furan rings is 1. The van der Waals surface area contributed by atoms with Crippen LogP contribution in [0.1, 0.15) is 0 Å². The summed E-state index contributed by atoms with van der Waals surface area (Å²) in [5, 5.41) is 12.2. The lowest BCUT2D eigenvalue weighted by atomic mass is 9.95. The molecule has 0 aliphatic heterocycles. The minimum Gasteiger partial charge on any atom is -0.455 e. The zero-order chi connectivity index (χ0) is 29.5. The summed E-state index contributed by atoms with van der Waals surface area (Å²) in [7, 11) is 0. The minimum atomic E-state index is 0.928. The Morgan fingerprint density at radius 3 is 2.04 bits per heavy atom. The molecule has 0 aliphatic carbocycles. The highest BCUT2D eigenvalue weighted by atomic mass is 32.1. The van der Waals surface area contributed by atoms with Gasteiger partial charge in [-0.25, -0.2) is 0 Å². The lowest BCUT2D eigenvalue weighted by Crippen LogP contribution is -2.10. The van der Waals surface area contributed by atoms with Gasteiger partial charge in [0.25, 0.3) is 0 Å². The van der Waals surface area contributed by atoms with E-state index in [1.54, 1.807) is 0 Å². The monoisotopic (exact) mass is 591 g/mol. The molecule has 2 heterocycles. The minimum absolute atomic E-state index is 0.928. The van der Waals surface area contributed by atoms with Gasteiger partial charge in [0.1, 0.15) is 11.2 Å². The standard InChI is InChI=1S/C42H25NOS/c1-2-9-28(10-3-1)43(36-13-8-16-39-41(36)35-12-5-7-15-38(35)45-39)29-20-22-30-27(25-29)18-17-26-19-21-34-32(40(26)30)23-24-33-31-11-4-6-14-37(31)44-42(33)34/h1-25H. The Bertz CT molecular complexity index is 2770. The van der Waals surface area contributed by atoms with Crippen molar-refractivity contribution in [1.82, 2.24) is 0 Å². The average molecular weight is 592 g/mol. The van der Waals surface area contributed by atoms with E-state index in [0.717, 1.165) is 38.7 Å². The first-order valence-corrected chi connectivity index (χ1v) is 16.1. The third-order valence-corrected chi connectivity index (χ3v) is 10.3. The van der Waals surface area contributed by atoms with Crippen LogP contribution in [0.5, 0.6) is 0 Å². The van der Waals surface area contributed by atoms with Gasteiger partial charge in [-0.3, -0.25) is 0 Å². The van der Waals surface area contributed by atoms with E-state index in [4.69, 9.17) is 4.42 Å². The second-order valence-electron chi connectivity index (χ2n) is 11.7. The predicted octanol–water partition coefficient (Wildman–Crippen LogP) is 12.9. The molecule has 45 heavy (non-hydrogen) atoms. The van der Waals surface area contributed by atoms with Crippen LogP contribution in [-0.2, 0) is 0 Å². The third kappa shape index (κ3) is 3.62. The molecule has 0 radical (unpaired) electrons. The highest BCUT2D eigenvalue weighted by Crippen LogP contribution is 2.46. The number of hydrogen-bond acceptors (Lipinski definition) is 3. The molecule has 0 aliphatic rings. The van der Waals surface area contributed by atoms with E-state index in [-0.39, 0.29) is 0 Å². The first-order valence-electron chi connectivity index (χ1n) is 15.3. The molecule has 0 fully saturated rings. The van der Waals surface area contributed by atoms with Crippen molar-refractivity contribution in [3.8, 4) is 0 Å². The molecular weight excluding hydrogens is 567 g/mol. The maximum atomic E-state index is 6.43. The summed E-state index contributed by atoms with van der Waals surface area (Å²) in [6.45, 7) is 0. The van der Waals surface area contributed by atoms with E-state index in [0.29, 0.717) is 0 Å². The van der Waals surface area contributed by atoms with Crippen molar-refractivity contribution in [2.75, 3.05) is 4.90 Å². The van der Waals surface area contributed by atoms with Crippen LogP contribution >= 0.6 is 11.3 Å². The zero-order valence-electron chi connectivity index (χ0n) is 24.2. The average Bonchev–Trinajstić information content (AvgIpc) is 3.67. The number of hydrogen-bond donors (Lipinski definition) is 0. The SMILES string of the molecule is c1ccc(N(c2ccc3c(ccc4ccc5c(ccc6c7ccccc7oc65)c43)c2)c2cccc3sc4ccccc4c23)cc1. The molecule has 0 N–H and O–H groups in total. The summed E-state index contributed by atoms with van der Waals surface area (Å²) in [4.78, 5) is 2.41. The van der Waals surface area contributed by atoms with Crippen LogP contribution < -0.4 is 4.90 Å². The molecule has 0 saturated heterocycles. The molecule has 0 unspecified atom stereocenters. The number of nitrogens with zero attached hydrogens (tertiary/aromatic N) is 1. The fraction of sp³-hybridized carbons (Fsp3) is 0. The maximum Gasteiger partial charge on any atom is 0.143 e. The molecule has 10 rings (SSSR count). The summed E-state index contributed by atoms with van der Waals surface area (Å²) in [5.74, 6) is 0. The Morgan fingerprint density at radius 2 is 1.11 bits per heavy atom. The van der Waals surface area contributed by atoms with Crippen molar-refractivity contribution in [1.29, 1.82) is 0 Å². The van der Waals surface area contributed by atoms with Crippen molar-refractivity contribution in [3.63, 3.8) is 0 Å². The van der Waals surface area contributed by atoms with Gasteiger partial charge < -0.3 is 9.32 Å². The first kappa shape index (κ1) is 24.8. The van der Waals surface area contributed by atoms with Crippen LogP contribution in [0.2, 0.25) is 0 Å². The normalized spacial score (nSPS) is 12.0. The van der Waals surface area contributed by atoms with Crippen molar-refractivity contribution in [2.45, 2.75) is 0 Å². The molecule has 3 heteroatoms. The van der Waals surface area contributed by atoms with Crippen LogP contribution in [0.3, 0.4) is 0 Å². The number of fused-ring (bicyclic) bond motifs is 12. The second kappa shape index (κ2) is 9.43. The predicted molar refractivity (Wildman–Crippen MR) is 194 cm³/mol. The smallest absolute Gasteiger partial charge is 0.143 e. The molecule has 0 spiro atoms. The quantitative estimate of drug-likeness (QED) is 0.190. The molecule has 2 nitrogen and oxygen atoms in total. The maximum absolute atomic E-state index is 6.43. The Kier molecular flexibility index (Phi) is 5.19. The van der Waals surface area contributed by atoms with Crippen LogP contribution in [0.4, 0.5) is 17.1 Å². The summed E-state index contributed by atoms with van der Waals surface area (Å²) in [6.07, 6.45) is 0. The molecule has 210 valence electrons. The first-order chi connectivity index (χ1) is 22.3.